The first-order valence-corrected chi connectivity index (χ1v) is 7.28. The second-order valence-electron chi connectivity index (χ2n) is 4.47. The maximum atomic E-state index is 11.7. The zero-order valence-corrected chi connectivity index (χ0v) is 11.9. The van der Waals surface area contributed by atoms with Gasteiger partial charge in [0.25, 0.3) is 0 Å². The monoisotopic (exact) mass is 232 g/mol. The number of carbonyl (C=O) groups excluding carboxylic acids is 1. The Hall–Kier alpha value is -0.353. The normalized spacial score (nSPS) is 12.3. The second kappa shape index (κ2) is 7.88. The first-order chi connectivity index (χ1) is 7.04. The topological polar surface area (TPSA) is 35.5 Å². The number of carbonyl (C=O) groups is 1. The molecular weight excluding hydrogens is 208 g/mol. The first-order valence-electron chi connectivity index (χ1n) is 5.70. The zero-order valence-electron chi connectivity index (χ0n) is 10.5. The highest BCUT2D eigenvalue weighted by atomic mass is 28.2. The van der Waals surface area contributed by atoms with E-state index < -0.39 is 9.76 Å². The number of unbranched alkanes of at least 4 members (excludes halogenated alkanes) is 2. The summed E-state index contributed by atoms with van der Waals surface area (Å²) in [7, 11) is 1.14. The van der Waals surface area contributed by atoms with Crippen LogP contribution in [0.5, 0.6) is 0 Å². The zero-order chi connectivity index (χ0) is 11.7. The summed E-state index contributed by atoms with van der Waals surface area (Å²) in [6, 6.07) is 0.843. The fourth-order valence-electron chi connectivity index (χ4n) is 1.17. The maximum Gasteiger partial charge on any atom is 0.311 e. The molecule has 0 aromatic heterocycles. The molecule has 0 unspecified atom stereocenters. The van der Waals surface area contributed by atoms with Crippen LogP contribution in [0.1, 0.15) is 40.0 Å². The Labute approximate surface area is 95.5 Å². The van der Waals surface area contributed by atoms with E-state index in [0.29, 0.717) is 6.61 Å². The van der Waals surface area contributed by atoms with Crippen molar-refractivity contribution in [1.82, 2.24) is 0 Å². The van der Waals surface area contributed by atoms with Crippen molar-refractivity contribution >= 4 is 15.7 Å². The molecule has 3 nitrogen and oxygen atoms in total. The molecule has 0 aliphatic rings. The molecule has 0 radical (unpaired) electrons. The van der Waals surface area contributed by atoms with E-state index in [-0.39, 0.29) is 11.4 Å². The first kappa shape index (κ1) is 14.6. The third-order valence-electron chi connectivity index (χ3n) is 2.46. The quantitative estimate of drug-likeness (QED) is 0.364. The Balaban J connectivity index is 3.75. The summed E-state index contributed by atoms with van der Waals surface area (Å²) in [5.74, 6) is -0.0804. The van der Waals surface area contributed by atoms with Gasteiger partial charge in [-0.2, -0.15) is 0 Å². The van der Waals surface area contributed by atoms with Gasteiger partial charge < -0.3 is 9.16 Å². The molecule has 0 N–H and O–H groups in total. The summed E-state index contributed by atoms with van der Waals surface area (Å²) in [5, 5.41) is 0. The molecule has 0 amide bonds. The molecule has 0 atom stereocenters. The van der Waals surface area contributed by atoms with E-state index in [9.17, 15) is 4.79 Å². The van der Waals surface area contributed by atoms with E-state index in [2.05, 4.69) is 6.92 Å². The van der Waals surface area contributed by atoms with Crippen LogP contribution in [0.2, 0.25) is 6.04 Å². The van der Waals surface area contributed by atoms with E-state index >= 15 is 0 Å². The van der Waals surface area contributed by atoms with Crippen LogP contribution in [-0.2, 0) is 14.0 Å². The van der Waals surface area contributed by atoms with Gasteiger partial charge in [-0.05, 0) is 26.3 Å². The van der Waals surface area contributed by atoms with Gasteiger partial charge in [0.15, 0.2) is 9.76 Å². The van der Waals surface area contributed by atoms with Crippen molar-refractivity contribution in [2.24, 2.45) is 5.41 Å². The van der Waals surface area contributed by atoms with Crippen LogP contribution in [0.15, 0.2) is 0 Å². The van der Waals surface area contributed by atoms with Crippen molar-refractivity contribution in [1.29, 1.82) is 0 Å². The van der Waals surface area contributed by atoms with Crippen molar-refractivity contribution in [2.45, 2.75) is 46.1 Å². The summed E-state index contributed by atoms with van der Waals surface area (Å²) in [6.45, 7) is 6.56. The second-order valence-corrected chi connectivity index (χ2v) is 5.96. The van der Waals surface area contributed by atoms with Crippen LogP contribution in [0.25, 0.3) is 0 Å². The van der Waals surface area contributed by atoms with Gasteiger partial charge in [-0.15, -0.1) is 0 Å². The van der Waals surface area contributed by atoms with Gasteiger partial charge in [-0.1, -0.05) is 19.8 Å². The van der Waals surface area contributed by atoms with Crippen LogP contribution in [0.4, 0.5) is 0 Å². The lowest BCUT2D eigenvalue weighted by molar-refractivity contribution is -0.153. The fourth-order valence-corrected chi connectivity index (χ4v) is 2.09. The largest absolute Gasteiger partial charge is 0.465 e. The number of esters is 1. The summed E-state index contributed by atoms with van der Waals surface area (Å²) in [4.78, 5) is 11.7. The van der Waals surface area contributed by atoms with Crippen LogP contribution in [0.3, 0.4) is 0 Å². The molecule has 0 bridgehead atoms. The van der Waals surface area contributed by atoms with Gasteiger partial charge in [0.05, 0.1) is 12.0 Å². The molecule has 0 rings (SSSR count). The van der Waals surface area contributed by atoms with E-state index in [4.69, 9.17) is 9.16 Å². The lowest BCUT2D eigenvalue weighted by atomic mass is 9.97. The number of ether oxygens (including phenoxy) is 1. The molecule has 0 aliphatic heterocycles. The minimum absolute atomic E-state index is 0.0804. The molecule has 0 saturated heterocycles. The molecule has 4 heteroatoms. The Morgan fingerprint density at radius 2 is 2.00 bits per heavy atom. The highest BCUT2D eigenvalue weighted by molar-refractivity contribution is 6.28. The SMILES string of the molecule is CCCCCOC(=O)C(C)(C)C[SiH2]OC. The molecule has 15 heavy (non-hydrogen) atoms. The standard InChI is InChI=1S/C11H24O3Si/c1-5-6-7-8-14-10(12)11(2,3)9-15-13-4/h5-9,15H2,1-4H3. The predicted molar refractivity (Wildman–Crippen MR) is 64.6 cm³/mol. The lowest BCUT2D eigenvalue weighted by Crippen LogP contribution is -2.28. The third kappa shape index (κ3) is 6.68. The van der Waals surface area contributed by atoms with Gasteiger partial charge in [0, 0.05) is 7.11 Å². The van der Waals surface area contributed by atoms with Crippen LogP contribution < -0.4 is 0 Å². The molecule has 0 saturated carbocycles. The maximum absolute atomic E-state index is 11.7. The van der Waals surface area contributed by atoms with Gasteiger partial charge >= 0.3 is 5.97 Å². The predicted octanol–water partition coefficient (Wildman–Crippen LogP) is 1.89. The summed E-state index contributed by atoms with van der Waals surface area (Å²) in [5.41, 5.74) is -0.367. The molecule has 0 aromatic carbocycles. The average molecular weight is 232 g/mol. The van der Waals surface area contributed by atoms with Gasteiger partial charge in [0.1, 0.15) is 0 Å². The molecule has 0 aliphatic carbocycles. The van der Waals surface area contributed by atoms with Crippen molar-refractivity contribution in [3.63, 3.8) is 0 Å². The Bertz CT molecular complexity index is 181. The molecule has 90 valence electrons. The van der Waals surface area contributed by atoms with Crippen LogP contribution in [0, 0.1) is 5.41 Å². The molecule has 0 fully saturated rings. The summed E-state index contributed by atoms with van der Waals surface area (Å²) >= 11 is 0. The van der Waals surface area contributed by atoms with Gasteiger partial charge in [0.2, 0.25) is 0 Å². The van der Waals surface area contributed by atoms with Crippen LogP contribution >= 0.6 is 0 Å². The summed E-state index contributed by atoms with van der Waals surface area (Å²) < 4.78 is 10.3. The van der Waals surface area contributed by atoms with Gasteiger partial charge in [-0.25, -0.2) is 0 Å². The van der Waals surface area contributed by atoms with Crippen molar-refractivity contribution in [2.75, 3.05) is 13.7 Å². The minimum Gasteiger partial charge on any atom is -0.465 e. The highest BCUT2D eigenvalue weighted by Gasteiger charge is 2.28. The number of hydrogen-bond donors (Lipinski definition) is 0. The van der Waals surface area contributed by atoms with E-state index in [1.54, 1.807) is 7.11 Å². The van der Waals surface area contributed by atoms with Crippen molar-refractivity contribution < 1.29 is 14.0 Å². The third-order valence-corrected chi connectivity index (χ3v) is 4.33. The Morgan fingerprint density at radius 3 is 2.53 bits per heavy atom. The highest BCUT2D eigenvalue weighted by Crippen LogP contribution is 2.22. The molecule has 0 aromatic rings. The van der Waals surface area contributed by atoms with Gasteiger partial charge in [-0.3, -0.25) is 4.79 Å². The lowest BCUT2D eigenvalue weighted by Gasteiger charge is -2.21. The molecule has 0 heterocycles. The molecular formula is C11H24O3Si. The Kier molecular flexibility index (Phi) is 7.69. The van der Waals surface area contributed by atoms with Crippen molar-refractivity contribution in [3.8, 4) is 0 Å². The van der Waals surface area contributed by atoms with E-state index in [1.165, 1.54) is 0 Å². The summed E-state index contributed by atoms with van der Waals surface area (Å²) in [6.07, 6.45) is 3.25. The molecule has 0 spiro atoms. The smallest absolute Gasteiger partial charge is 0.311 e. The van der Waals surface area contributed by atoms with E-state index in [0.717, 1.165) is 25.3 Å². The van der Waals surface area contributed by atoms with Crippen molar-refractivity contribution in [3.05, 3.63) is 0 Å². The number of rotatable bonds is 8. The minimum atomic E-state index is -0.559. The number of hydrogen-bond acceptors (Lipinski definition) is 3. The van der Waals surface area contributed by atoms with Crippen LogP contribution in [-0.4, -0.2) is 29.4 Å². The Morgan fingerprint density at radius 1 is 1.33 bits per heavy atom. The fraction of sp³-hybridized carbons (Fsp3) is 0.909. The van der Waals surface area contributed by atoms with E-state index in [1.807, 2.05) is 13.8 Å². The average Bonchev–Trinajstić information content (AvgIpc) is 2.21.